The molecule has 154 valence electrons. The predicted octanol–water partition coefficient (Wildman–Crippen LogP) is 3.87. The minimum Gasteiger partial charge on any atom is -0.356 e. The Morgan fingerprint density at radius 3 is 2.41 bits per heavy atom. The lowest BCUT2D eigenvalue weighted by Gasteiger charge is -2.17. The number of guanidine groups is 1. The van der Waals surface area contributed by atoms with Gasteiger partial charge in [-0.1, -0.05) is 35.8 Å². The van der Waals surface area contributed by atoms with E-state index in [0.29, 0.717) is 22.9 Å². The van der Waals surface area contributed by atoms with E-state index in [-0.39, 0.29) is 48.5 Å². The zero-order chi connectivity index (χ0) is 19.9. The summed E-state index contributed by atoms with van der Waals surface area (Å²) in [6, 6.07) is 3.97. The number of carbonyl (C=O) groups is 1. The summed E-state index contributed by atoms with van der Waals surface area (Å²) in [7, 11) is 3.25. The molecule has 0 unspecified atom stereocenters. The minimum absolute atomic E-state index is 0. The maximum atomic E-state index is 13.2. The van der Waals surface area contributed by atoms with Crippen LogP contribution < -0.4 is 10.6 Å². The van der Waals surface area contributed by atoms with Crippen molar-refractivity contribution in [3.05, 3.63) is 33.8 Å². The monoisotopic (exact) mass is 564 g/mol. The summed E-state index contributed by atoms with van der Waals surface area (Å²) >= 11 is 3.06. The first-order valence-corrected chi connectivity index (χ1v) is 8.88. The van der Waals surface area contributed by atoms with Gasteiger partial charge in [0.05, 0.1) is 18.7 Å². The molecule has 10 heteroatoms. The molecule has 0 heterocycles. The fourth-order valence-electron chi connectivity index (χ4n) is 1.91. The van der Waals surface area contributed by atoms with Crippen molar-refractivity contribution in [3.8, 4) is 0 Å². The van der Waals surface area contributed by atoms with Crippen LogP contribution >= 0.6 is 39.9 Å². The number of likely N-dealkylation sites (N-methyl/N-ethyl adjacent to an activating group) is 1. The lowest BCUT2D eigenvalue weighted by Crippen LogP contribution is -2.44. The van der Waals surface area contributed by atoms with Gasteiger partial charge in [0, 0.05) is 25.1 Å². The molecule has 0 atom stereocenters. The molecule has 1 aromatic rings. The number of nitrogens with one attached hydrogen (secondary N) is 2. The molecule has 0 aromatic heterocycles. The molecule has 5 nitrogen and oxygen atoms in total. The number of hydrogen-bond acceptors (Lipinski definition) is 2. The first-order valence-electron chi connectivity index (χ1n) is 8.08. The molecule has 0 aliphatic rings. The lowest BCUT2D eigenvalue weighted by atomic mass is 10.1. The van der Waals surface area contributed by atoms with E-state index in [0.717, 1.165) is 6.07 Å². The summed E-state index contributed by atoms with van der Waals surface area (Å²) in [4.78, 5) is 17.3. The molecule has 0 bridgehead atoms. The lowest BCUT2D eigenvalue weighted by molar-refractivity contribution is -0.138. The van der Waals surface area contributed by atoms with Crippen molar-refractivity contribution >= 4 is 51.8 Å². The number of carbonyl (C=O) groups excluding carboxylic acids is 1. The molecular formula is C17H25BrF3IN4O. The van der Waals surface area contributed by atoms with Gasteiger partial charge in [0.2, 0.25) is 5.91 Å². The van der Waals surface area contributed by atoms with Crippen LogP contribution in [0.25, 0.3) is 0 Å². The van der Waals surface area contributed by atoms with Crippen molar-refractivity contribution in [1.29, 1.82) is 0 Å². The van der Waals surface area contributed by atoms with Gasteiger partial charge in [0.25, 0.3) is 0 Å². The van der Waals surface area contributed by atoms with Gasteiger partial charge in [-0.15, -0.1) is 24.0 Å². The second-order valence-corrected chi connectivity index (χ2v) is 7.30. The second kappa shape index (κ2) is 11.7. The third-order valence-electron chi connectivity index (χ3n) is 3.37. The van der Waals surface area contributed by atoms with Gasteiger partial charge in [-0.3, -0.25) is 4.79 Å². The van der Waals surface area contributed by atoms with Gasteiger partial charge in [0.15, 0.2) is 5.96 Å². The van der Waals surface area contributed by atoms with E-state index >= 15 is 0 Å². The van der Waals surface area contributed by atoms with Crippen molar-refractivity contribution < 1.29 is 18.0 Å². The van der Waals surface area contributed by atoms with Gasteiger partial charge in [-0.2, -0.15) is 13.2 Å². The molecule has 27 heavy (non-hydrogen) atoms. The van der Waals surface area contributed by atoms with E-state index in [9.17, 15) is 18.0 Å². The molecular weight excluding hydrogens is 540 g/mol. The summed E-state index contributed by atoms with van der Waals surface area (Å²) in [5.74, 6) is 0.443. The van der Waals surface area contributed by atoms with Gasteiger partial charge in [-0.25, -0.2) is 4.99 Å². The number of alkyl halides is 3. The minimum atomic E-state index is -4.46. The standard InChI is InChI=1S/C17H24BrF3N4O.HI/c1-11(2)8-22-16(24-10-15(26)25(3)4)23-9-12-5-6-13(18)7-14(12)17(19,20)21;/h5-7,11H,8-10H2,1-4H3,(H2,22,23,24);1H. The second-order valence-electron chi connectivity index (χ2n) is 6.38. The molecule has 0 aliphatic carbocycles. The molecule has 0 saturated heterocycles. The van der Waals surface area contributed by atoms with E-state index in [4.69, 9.17) is 0 Å². The molecule has 0 saturated carbocycles. The third kappa shape index (κ3) is 9.63. The average Bonchev–Trinajstić information content (AvgIpc) is 2.53. The van der Waals surface area contributed by atoms with Crippen LogP contribution in [0.2, 0.25) is 0 Å². The van der Waals surface area contributed by atoms with Crippen LogP contribution in [0.4, 0.5) is 13.2 Å². The van der Waals surface area contributed by atoms with Crippen LogP contribution in [0.5, 0.6) is 0 Å². The Balaban J connectivity index is 0.00000676. The third-order valence-corrected chi connectivity index (χ3v) is 3.86. The van der Waals surface area contributed by atoms with Gasteiger partial charge < -0.3 is 15.5 Å². The fraction of sp³-hybridized carbons (Fsp3) is 0.529. The van der Waals surface area contributed by atoms with Crippen molar-refractivity contribution in [2.75, 3.05) is 27.2 Å². The van der Waals surface area contributed by atoms with Crippen molar-refractivity contribution in [2.45, 2.75) is 26.6 Å². The van der Waals surface area contributed by atoms with Crippen LogP contribution in [0.1, 0.15) is 25.0 Å². The fourth-order valence-corrected chi connectivity index (χ4v) is 2.27. The maximum absolute atomic E-state index is 13.2. The highest BCUT2D eigenvalue weighted by Crippen LogP contribution is 2.34. The number of hydrogen-bond donors (Lipinski definition) is 2. The number of amides is 1. The highest BCUT2D eigenvalue weighted by Gasteiger charge is 2.33. The summed E-state index contributed by atoms with van der Waals surface area (Å²) in [6.45, 7) is 4.40. The van der Waals surface area contributed by atoms with E-state index in [1.807, 2.05) is 13.8 Å². The Hall–Kier alpha value is -1.04. The van der Waals surface area contributed by atoms with Crippen molar-refractivity contribution in [1.82, 2.24) is 15.5 Å². The topological polar surface area (TPSA) is 56.7 Å². The summed E-state index contributed by atoms with van der Waals surface area (Å²) in [5, 5.41) is 5.88. The number of halogens is 5. The molecule has 1 aromatic carbocycles. The van der Waals surface area contributed by atoms with Crippen LogP contribution in [-0.4, -0.2) is 44.0 Å². The zero-order valence-corrected chi connectivity index (χ0v) is 19.6. The quantitative estimate of drug-likeness (QED) is 0.313. The van der Waals surface area contributed by atoms with Crippen molar-refractivity contribution in [3.63, 3.8) is 0 Å². The summed E-state index contributed by atoms with van der Waals surface area (Å²) in [5.41, 5.74) is -0.673. The van der Waals surface area contributed by atoms with Gasteiger partial charge in [0.1, 0.15) is 0 Å². The maximum Gasteiger partial charge on any atom is 0.416 e. The van der Waals surface area contributed by atoms with E-state index in [2.05, 4.69) is 31.6 Å². The molecule has 0 radical (unpaired) electrons. The zero-order valence-electron chi connectivity index (χ0n) is 15.7. The molecule has 1 rings (SSSR count). The summed E-state index contributed by atoms with van der Waals surface area (Å²) in [6.07, 6.45) is -4.46. The van der Waals surface area contributed by atoms with Crippen LogP contribution in [0.3, 0.4) is 0 Å². The highest BCUT2D eigenvalue weighted by molar-refractivity contribution is 14.0. The van der Waals surface area contributed by atoms with E-state index in [1.165, 1.54) is 11.0 Å². The highest BCUT2D eigenvalue weighted by atomic mass is 127. The van der Waals surface area contributed by atoms with E-state index in [1.54, 1.807) is 20.2 Å². The SMILES string of the molecule is CC(C)CNC(=NCc1ccc(Br)cc1C(F)(F)F)NCC(=O)N(C)C.I. The van der Waals surface area contributed by atoms with Crippen LogP contribution in [-0.2, 0) is 17.5 Å². The van der Waals surface area contributed by atoms with Crippen LogP contribution in [0, 0.1) is 5.92 Å². The Morgan fingerprint density at radius 1 is 1.26 bits per heavy atom. The van der Waals surface area contributed by atoms with Crippen molar-refractivity contribution in [2.24, 2.45) is 10.9 Å². The average molecular weight is 565 g/mol. The number of aliphatic imine (C=N–C) groups is 1. The van der Waals surface area contributed by atoms with Crippen LogP contribution in [0.15, 0.2) is 27.7 Å². The largest absolute Gasteiger partial charge is 0.416 e. The molecule has 2 N–H and O–H groups in total. The first-order chi connectivity index (χ1) is 12.0. The Labute approximate surface area is 183 Å². The number of nitrogens with zero attached hydrogens (tertiary/aromatic N) is 2. The van der Waals surface area contributed by atoms with Gasteiger partial charge in [-0.05, 0) is 23.6 Å². The molecule has 0 aliphatic heterocycles. The normalized spacial score (nSPS) is 11.8. The summed E-state index contributed by atoms with van der Waals surface area (Å²) < 4.78 is 39.9. The number of rotatable bonds is 6. The smallest absolute Gasteiger partial charge is 0.356 e. The first kappa shape index (κ1) is 26.0. The molecule has 0 spiro atoms. The predicted molar refractivity (Wildman–Crippen MR) is 115 cm³/mol. The Morgan fingerprint density at radius 2 is 1.89 bits per heavy atom. The van der Waals surface area contributed by atoms with E-state index < -0.39 is 11.7 Å². The Bertz CT molecular complexity index is 652. The number of benzene rings is 1. The molecule has 1 amide bonds. The van der Waals surface area contributed by atoms with Gasteiger partial charge >= 0.3 is 6.18 Å². The Kier molecular flexibility index (Phi) is 11.3. The molecule has 0 fully saturated rings.